The number of pyridine rings is 1. The third kappa shape index (κ3) is 2.76. The second kappa shape index (κ2) is 5.16. The van der Waals surface area contributed by atoms with Crippen molar-refractivity contribution in [1.29, 1.82) is 0 Å². The second-order valence-corrected chi connectivity index (χ2v) is 5.98. The van der Waals surface area contributed by atoms with Gasteiger partial charge in [0.05, 0.1) is 11.4 Å². The molecule has 4 heteroatoms. The van der Waals surface area contributed by atoms with Gasteiger partial charge >= 0.3 is 0 Å². The third-order valence-corrected chi connectivity index (χ3v) is 4.11. The van der Waals surface area contributed by atoms with Crippen LogP contribution in [0.1, 0.15) is 37.8 Å². The molecular weight excluding hydrogens is 242 g/mol. The van der Waals surface area contributed by atoms with Crippen molar-refractivity contribution in [1.82, 2.24) is 9.97 Å². The van der Waals surface area contributed by atoms with Gasteiger partial charge in [-0.2, -0.15) is 0 Å². The van der Waals surface area contributed by atoms with Crippen LogP contribution in [0.25, 0.3) is 10.7 Å². The van der Waals surface area contributed by atoms with Crippen molar-refractivity contribution < 1.29 is 0 Å². The van der Waals surface area contributed by atoms with Crippen LogP contribution < -0.4 is 5.73 Å². The van der Waals surface area contributed by atoms with Gasteiger partial charge in [-0.3, -0.25) is 4.98 Å². The molecule has 18 heavy (non-hydrogen) atoms. The average molecular weight is 261 g/mol. The van der Waals surface area contributed by atoms with Gasteiger partial charge in [0.1, 0.15) is 5.01 Å². The Bertz CT molecular complexity index is 512. The Morgan fingerprint density at radius 1 is 1.33 bits per heavy atom. The van der Waals surface area contributed by atoms with Crippen LogP contribution in [0.2, 0.25) is 0 Å². The summed E-state index contributed by atoms with van der Waals surface area (Å²) in [6.07, 6.45) is 3.84. The van der Waals surface area contributed by atoms with Crippen molar-refractivity contribution in [2.75, 3.05) is 0 Å². The highest BCUT2D eigenvalue weighted by Crippen LogP contribution is 2.33. The maximum absolute atomic E-state index is 6.23. The molecule has 0 aliphatic carbocycles. The van der Waals surface area contributed by atoms with E-state index >= 15 is 0 Å². The monoisotopic (exact) mass is 261 g/mol. The number of rotatable bonds is 4. The molecule has 2 aromatic heterocycles. The molecule has 0 bridgehead atoms. The van der Waals surface area contributed by atoms with E-state index in [0.717, 1.165) is 29.2 Å². The molecule has 96 valence electrons. The summed E-state index contributed by atoms with van der Waals surface area (Å²) in [4.78, 5) is 10.2. The molecule has 0 spiro atoms. The van der Waals surface area contributed by atoms with Gasteiger partial charge in [-0.15, -0.1) is 11.3 Å². The van der Waals surface area contributed by atoms with Crippen LogP contribution in [0.4, 0.5) is 0 Å². The lowest BCUT2D eigenvalue weighted by Crippen LogP contribution is -2.28. The Hall–Kier alpha value is -1.26. The highest BCUT2D eigenvalue weighted by Gasteiger charge is 2.23. The molecule has 0 radical (unpaired) electrons. The molecule has 3 nitrogen and oxygen atoms in total. The molecule has 2 aromatic rings. The fourth-order valence-electron chi connectivity index (χ4n) is 1.86. The summed E-state index contributed by atoms with van der Waals surface area (Å²) in [6.45, 7) is 6.22. The summed E-state index contributed by atoms with van der Waals surface area (Å²) >= 11 is 1.66. The average Bonchev–Trinajstić information content (AvgIpc) is 2.75. The fourth-order valence-corrected chi connectivity index (χ4v) is 2.96. The number of nitrogens with two attached hydrogens (primary N) is 1. The SMILES string of the molecule is CCCc1nc(-c2ccccn2)sc1C(C)(C)N. The van der Waals surface area contributed by atoms with Gasteiger partial charge in [0, 0.05) is 16.6 Å². The van der Waals surface area contributed by atoms with E-state index in [1.807, 2.05) is 32.0 Å². The third-order valence-electron chi connectivity index (χ3n) is 2.65. The smallest absolute Gasteiger partial charge is 0.142 e. The Morgan fingerprint density at radius 3 is 2.67 bits per heavy atom. The van der Waals surface area contributed by atoms with E-state index in [9.17, 15) is 0 Å². The highest BCUT2D eigenvalue weighted by molar-refractivity contribution is 7.15. The minimum Gasteiger partial charge on any atom is -0.321 e. The molecule has 0 aliphatic heterocycles. The van der Waals surface area contributed by atoms with Crippen LogP contribution in [0.5, 0.6) is 0 Å². The van der Waals surface area contributed by atoms with Gasteiger partial charge < -0.3 is 5.73 Å². The van der Waals surface area contributed by atoms with Crippen LogP contribution in [0, 0.1) is 0 Å². The van der Waals surface area contributed by atoms with Crippen molar-refractivity contribution >= 4 is 11.3 Å². The molecule has 0 aromatic carbocycles. The van der Waals surface area contributed by atoms with Gasteiger partial charge in [0.15, 0.2) is 0 Å². The van der Waals surface area contributed by atoms with Crippen LogP contribution in [-0.4, -0.2) is 9.97 Å². The Kier molecular flexibility index (Phi) is 3.78. The maximum atomic E-state index is 6.23. The number of aromatic nitrogens is 2. The summed E-state index contributed by atoms with van der Waals surface area (Å²) < 4.78 is 0. The van der Waals surface area contributed by atoms with Gasteiger partial charge in [0.25, 0.3) is 0 Å². The minimum absolute atomic E-state index is 0.338. The summed E-state index contributed by atoms with van der Waals surface area (Å²) in [6, 6.07) is 5.89. The van der Waals surface area contributed by atoms with Crippen LogP contribution in [0.15, 0.2) is 24.4 Å². The Morgan fingerprint density at radius 2 is 2.11 bits per heavy atom. The first kappa shape index (κ1) is 13.2. The lowest BCUT2D eigenvalue weighted by atomic mass is 10.0. The molecule has 2 rings (SSSR count). The van der Waals surface area contributed by atoms with E-state index in [-0.39, 0.29) is 5.54 Å². The first-order valence-electron chi connectivity index (χ1n) is 6.23. The van der Waals surface area contributed by atoms with E-state index in [1.54, 1.807) is 17.5 Å². The zero-order valence-corrected chi connectivity index (χ0v) is 11.9. The molecule has 0 amide bonds. The first-order chi connectivity index (χ1) is 8.52. The second-order valence-electron chi connectivity index (χ2n) is 4.98. The van der Waals surface area contributed by atoms with Crippen LogP contribution in [0.3, 0.4) is 0 Å². The molecule has 0 saturated heterocycles. The summed E-state index contributed by atoms with van der Waals surface area (Å²) in [5.41, 5.74) is 7.94. The van der Waals surface area contributed by atoms with Crippen molar-refractivity contribution in [2.45, 2.75) is 39.2 Å². The van der Waals surface area contributed by atoms with Crippen molar-refractivity contribution in [3.63, 3.8) is 0 Å². The standard InChI is InChI=1S/C14H19N3S/c1-4-7-10-12(14(2,3)15)18-13(17-10)11-8-5-6-9-16-11/h5-6,8-9H,4,7,15H2,1-3H3. The zero-order chi connectivity index (χ0) is 13.2. The van der Waals surface area contributed by atoms with Gasteiger partial charge in [-0.05, 0) is 32.4 Å². The Labute approximate surface area is 112 Å². The molecule has 0 atom stereocenters. The lowest BCUT2D eigenvalue weighted by Gasteiger charge is -2.17. The van der Waals surface area contributed by atoms with Crippen LogP contribution >= 0.6 is 11.3 Å². The molecule has 0 unspecified atom stereocenters. The molecule has 0 aliphatic rings. The predicted molar refractivity (Wildman–Crippen MR) is 76.6 cm³/mol. The Balaban J connectivity index is 2.46. The first-order valence-corrected chi connectivity index (χ1v) is 7.04. The van der Waals surface area contributed by atoms with Gasteiger partial charge in [0.2, 0.25) is 0 Å². The maximum Gasteiger partial charge on any atom is 0.142 e. The predicted octanol–water partition coefficient (Wildman–Crippen LogP) is 3.35. The minimum atomic E-state index is -0.338. The van der Waals surface area contributed by atoms with E-state index < -0.39 is 0 Å². The summed E-state index contributed by atoms with van der Waals surface area (Å²) in [5.74, 6) is 0. The molecule has 2 N–H and O–H groups in total. The largest absolute Gasteiger partial charge is 0.321 e. The van der Waals surface area contributed by atoms with Gasteiger partial charge in [-0.1, -0.05) is 19.4 Å². The zero-order valence-electron chi connectivity index (χ0n) is 11.1. The normalized spacial score (nSPS) is 11.8. The van der Waals surface area contributed by atoms with E-state index in [1.165, 1.54) is 4.88 Å². The number of nitrogens with zero attached hydrogens (tertiary/aromatic N) is 2. The number of thiazole rings is 1. The molecule has 2 heterocycles. The number of hydrogen-bond donors (Lipinski definition) is 1. The van der Waals surface area contributed by atoms with Crippen molar-refractivity contribution in [2.24, 2.45) is 5.73 Å². The lowest BCUT2D eigenvalue weighted by molar-refractivity contribution is 0.557. The summed E-state index contributed by atoms with van der Waals surface area (Å²) in [5, 5.41) is 0.965. The fraction of sp³-hybridized carbons (Fsp3) is 0.429. The topological polar surface area (TPSA) is 51.8 Å². The highest BCUT2D eigenvalue weighted by atomic mass is 32.1. The van der Waals surface area contributed by atoms with Crippen LogP contribution in [-0.2, 0) is 12.0 Å². The van der Waals surface area contributed by atoms with Crippen molar-refractivity contribution in [3.8, 4) is 10.7 Å². The van der Waals surface area contributed by atoms with Crippen molar-refractivity contribution in [3.05, 3.63) is 35.0 Å². The summed E-state index contributed by atoms with van der Waals surface area (Å²) in [7, 11) is 0. The molecule has 0 saturated carbocycles. The van der Waals surface area contributed by atoms with E-state index in [0.29, 0.717) is 0 Å². The molecule has 0 fully saturated rings. The van der Waals surface area contributed by atoms with E-state index in [4.69, 9.17) is 10.7 Å². The van der Waals surface area contributed by atoms with E-state index in [2.05, 4.69) is 11.9 Å². The number of aryl methyl sites for hydroxylation is 1. The van der Waals surface area contributed by atoms with Gasteiger partial charge in [-0.25, -0.2) is 4.98 Å². The number of hydrogen-bond acceptors (Lipinski definition) is 4. The quantitative estimate of drug-likeness (QED) is 0.918. The molecular formula is C14H19N3S.